The second-order valence-electron chi connectivity index (χ2n) is 4.12. The first-order chi connectivity index (χ1) is 7.80. The Kier molecular flexibility index (Phi) is 4.72. The van der Waals surface area contributed by atoms with Crippen molar-refractivity contribution in [2.45, 2.75) is 12.5 Å². The number of carbonyl (C=O) groups is 1. The summed E-state index contributed by atoms with van der Waals surface area (Å²) in [5.41, 5.74) is 0. The maximum Gasteiger partial charge on any atom is 0.407 e. The van der Waals surface area contributed by atoms with Crippen LogP contribution >= 0.6 is 0 Å². The number of sulfonamides is 1. The van der Waals surface area contributed by atoms with Gasteiger partial charge in [-0.3, -0.25) is 0 Å². The van der Waals surface area contributed by atoms with Crippen molar-refractivity contribution in [3.63, 3.8) is 0 Å². The molecule has 1 N–H and O–H groups in total. The van der Waals surface area contributed by atoms with Gasteiger partial charge in [-0.15, -0.1) is 0 Å². The van der Waals surface area contributed by atoms with E-state index in [4.69, 9.17) is 9.84 Å². The average Bonchev–Trinajstić information content (AvgIpc) is 2.41. The van der Waals surface area contributed by atoms with E-state index in [9.17, 15) is 13.2 Å². The monoisotopic (exact) mass is 266 g/mol. The predicted octanol–water partition coefficient (Wildman–Crippen LogP) is -0.353. The fourth-order valence-electron chi connectivity index (χ4n) is 1.60. The van der Waals surface area contributed by atoms with Crippen LogP contribution in [0.1, 0.15) is 6.42 Å². The van der Waals surface area contributed by atoms with Gasteiger partial charge in [0, 0.05) is 26.7 Å². The highest BCUT2D eigenvalue weighted by molar-refractivity contribution is 7.88. The summed E-state index contributed by atoms with van der Waals surface area (Å²) in [6.07, 6.45) is 0.333. The van der Waals surface area contributed by atoms with E-state index in [1.165, 1.54) is 16.3 Å². The molecule has 1 aliphatic rings. The third-order valence-electron chi connectivity index (χ3n) is 2.65. The van der Waals surface area contributed by atoms with E-state index in [-0.39, 0.29) is 13.1 Å². The molecule has 0 aromatic carbocycles. The number of amides is 1. The molecule has 0 saturated carbocycles. The zero-order valence-electron chi connectivity index (χ0n) is 10.00. The highest BCUT2D eigenvalue weighted by Crippen LogP contribution is 2.08. The molecule has 0 aromatic rings. The van der Waals surface area contributed by atoms with Gasteiger partial charge in [0.25, 0.3) is 0 Å². The molecule has 0 bridgehead atoms. The molecule has 0 aromatic heterocycles. The average molecular weight is 266 g/mol. The van der Waals surface area contributed by atoms with Gasteiger partial charge in [0.2, 0.25) is 10.0 Å². The lowest BCUT2D eigenvalue weighted by molar-refractivity contribution is 0.0446. The first-order valence-electron chi connectivity index (χ1n) is 5.31. The van der Waals surface area contributed by atoms with Crippen LogP contribution in [0.15, 0.2) is 0 Å². The van der Waals surface area contributed by atoms with Gasteiger partial charge in [-0.25, -0.2) is 17.5 Å². The molecule has 0 spiro atoms. The van der Waals surface area contributed by atoms with Crippen molar-refractivity contribution in [2.75, 3.05) is 39.5 Å². The number of rotatable bonds is 3. The molecule has 0 aliphatic carbocycles. The molecule has 1 aliphatic heterocycles. The summed E-state index contributed by atoms with van der Waals surface area (Å²) in [6, 6.07) is 0. The Morgan fingerprint density at radius 3 is 2.76 bits per heavy atom. The summed E-state index contributed by atoms with van der Waals surface area (Å²) < 4.78 is 29.1. The maximum atomic E-state index is 11.2. The van der Waals surface area contributed by atoms with Gasteiger partial charge in [0.05, 0.1) is 18.9 Å². The molecule has 1 atom stereocenters. The number of carboxylic acid groups (broad SMARTS) is 1. The number of nitrogens with zero attached hydrogens (tertiary/aromatic N) is 2. The Balaban J connectivity index is 2.61. The van der Waals surface area contributed by atoms with E-state index in [2.05, 4.69) is 0 Å². The molecule has 1 saturated heterocycles. The molecule has 100 valence electrons. The smallest absolute Gasteiger partial charge is 0.407 e. The summed E-state index contributed by atoms with van der Waals surface area (Å²) in [6.45, 7) is 1.25. The fraction of sp³-hybridized carbons (Fsp3) is 0.889. The summed E-state index contributed by atoms with van der Waals surface area (Å²) in [4.78, 5) is 12.1. The fourth-order valence-corrected chi connectivity index (χ4v) is 2.04. The van der Waals surface area contributed by atoms with E-state index >= 15 is 0 Å². The number of likely N-dealkylation sites (N-methyl/N-ethyl adjacent to an activating group) is 1. The topological polar surface area (TPSA) is 87.2 Å². The van der Waals surface area contributed by atoms with Crippen LogP contribution < -0.4 is 0 Å². The molecule has 1 amide bonds. The minimum Gasteiger partial charge on any atom is -0.465 e. The van der Waals surface area contributed by atoms with Crippen LogP contribution in [0.4, 0.5) is 4.79 Å². The molecular formula is C9H18N2O5S. The minimum absolute atomic E-state index is 0.169. The van der Waals surface area contributed by atoms with E-state index in [1.807, 2.05) is 0 Å². The van der Waals surface area contributed by atoms with Crippen LogP contribution in [0.5, 0.6) is 0 Å². The lowest BCUT2D eigenvalue weighted by atomic mass is 10.3. The largest absolute Gasteiger partial charge is 0.465 e. The molecule has 8 heteroatoms. The quantitative estimate of drug-likeness (QED) is 0.754. The second kappa shape index (κ2) is 5.65. The number of hydrogen-bond acceptors (Lipinski definition) is 4. The number of ether oxygens (including phenoxy) is 1. The standard InChI is InChI=1S/C9H18N2O5S/c1-10(17(2,14)15)6-8-7-11(9(12)13)4-3-5-16-8/h8H,3-7H2,1-2H3,(H,12,13). The Bertz CT molecular complexity index is 370. The normalized spacial score (nSPS) is 22.5. The van der Waals surface area contributed by atoms with Crippen molar-refractivity contribution in [1.82, 2.24) is 9.21 Å². The molecule has 1 rings (SSSR count). The maximum absolute atomic E-state index is 11.2. The predicted molar refractivity (Wildman–Crippen MR) is 61.4 cm³/mol. The Morgan fingerprint density at radius 2 is 2.24 bits per heavy atom. The lowest BCUT2D eigenvalue weighted by Gasteiger charge is -2.24. The van der Waals surface area contributed by atoms with E-state index < -0.39 is 22.2 Å². The third kappa shape index (κ3) is 4.49. The first kappa shape index (κ1) is 14.2. The third-order valence-corrected chi connectivity index (χ3v) is 3.93. The highest BCUT2D eigenvalue weighted by atomic mass is 32.2. The van der Waals surface area contributed by atoms with E-state index in [1.54, 1.807) is 0 Å². The molecule has 1 unspecified atom stereocenters. The summed E-state index contributed by atoms with van der Waals surface area (Å²) >= 11 is 0. The van der Waals surface area contributed by atoms with Crippen molar-refractivity contribution < 1.29 is 23.1 Å². The van der Waals surface area contributed by atoms with Gasteiger partial charge in [0.15, 0.2) is 0 Å². The Labute approximate surface area is 101 Å². The Morgan fingerprint density at radius 1 is 1.59 bits per heavy atom. The van der Waals surface area contributed by atoms with Crippen LogP contribution in [-0.2, 0) is 14.8 Å². The highest BCUT2D eigenvalue weighted by Gasteiger charge is 2.25. The molecular weight excluding hydrogens is 248 g/mol. The summed E-state index contributed by atoms with van der Waals surface area (Å²) in [7, 11) is -1.81. The van der Waals surface area contributed by atoms with Crippen LogP contribution in [-0.4, -0.2) is 74.5 Å². The van der Waals surface area contributed by atoms with Gasteiger partial charge in [-0.05, 0) is 6.42 Å². The molecule has 0 radical (unpaired) electrons. The van der Waals surface area contributed by atoms with Crippen LogP contribution in [0.3, 0.4) is 0 Å². The molecule has 17 heavy (non-hydrogen) atoms. The number of hydrogen-bond donors (Lipinski definition) is 1. The van der Waals surface area contributed by atoms with Crippen molar-refractivity contribution in [3.8, 4) is 0 Å². The van der Waals surface area contributed by atoms with Crippen molar-refractivity contribution in [1.29, 1.82) is 0 Å². The van der Waals surface area contributed by atoms with Gasteiger partial charge in [0.1, 0.15) is 0 Å². The summed E-state index contributed by atoms with van der Waals surface area (Å²) in [5.74, 6) is 0. The zero-order valence-corrected chi connectivity index (χ0v) is 10.8. The molecule has 1 heterocycles. The molecule has 7 nitrogen and oxygen atoms in total. The zero-order chi connectivity index (χ0) is 13.1. The Hall–Kier alpha value is -0.860. The van der Waals surface area contributed by atoms with Crippen molar-refractivity contribution >= 4 is 16.1 Å². The van der Waals surface area contributed by atoms with Gasteiger partial charge >= 0.3 is 6.09 Å². The first-order valence-corrected chi connectivity index (χ1v) is 7.16. The van der Waals surface area contributed by atoms with Gasteiger partial charge in [-0.1, -0.05) is 0 Å². The van der Waals surface area contributed by atoms with Gasteiger partial charge in [-0.2, -0.15) is 0 Å². The van der Waals surface area contributed by atoms with Crippen LogP contribution in [0, 0.1) is 0 Å². The SMILES string of the molecule is CN(CC1CN(C(=O)O)CCCO1)S(C)(=O)=O. The van der Waals surface area contributed by atoms with E-state index in [0.717, 1.165) is 6.26 Å². The van der Waals surface area contributed by atoms with Crippen LogP contribution in [0.25, 0.3) is 0 Å². The summed E-state index contributed by atoms with van der Waals surface area (Å²) in [5, 5.41) is 8.91. The lowest BCUT2D eigenvalue weighted by Crippen LogP contribution is -2.42. The molecule has 1 fully saturated rings. The van der Waals surface area contributed by atoms with Gasteiger partial charge < -0.3 is 14.7 Å². The van der Waals surface area contributed by atoms with E-state index in [0.29, 0.717) is 19.6 Å². The van der Waals surface area contributed by atoms with Crippen molar-refractivity contribution in [3.05, 3.63) is 0 Å². The minimum atomic E-state index is -3.26. The van der Waals surface area contributed by atoms with Crippen LogP contribution in [0.2, 0.25) is 0 Å². The van der Waals surface area contributed by atoms with Crippen molar-refractivity contribution in [2.24, 2.45) is 0 Å². The second-order valence-corrected chi connectivity index (χ2v) is 6.21.